The second-order valence-corrected chi connectivity index (χ2v) is 7.03. The molecule has 0 aliphatic carbocycles. The van der Waals surface area contributed by atoms with Crippen LogP contribution in [0.2, 0.25) is 5.02 Å². The Bertz CT molecular complexity index is 721. The lowest BCUT2D eigenvalue weighted by molar-refractivity contribution is -0.115. The van der Waals surface area contributed by atoms with E-state index < -0.39 is 0 Å². The molecule has 2 aromatic carbocycles. The SMILES string of the molecule is CC[C@H](Sc1ccc(Cl)cc1)C(=O)Nc1ccc2c(c1)OCCO2. The molecule has 1 N–H and O–H groups in total. The van der Waals surface area contributed by atoms with Crippen LogP contribution in [0.15, 0.2) is 47.4 Å². The fourth-order valence-corrected chi connectivity index (χ4v) is 3.42. The van der Waals surface area contributed by atoms with E-state index in [1.165, 1.54) is 11.8 Å². The third-order valence-electron chi connectivity index (χ3n) is 3.56. The van der Waals surface area contributed by atoms with Crippen molar-refractivity contribution in [3.63, 3.8) is 0 Å². The van der Waals surface area contributed by atoms with E-state index in [2.05, 4.69) is 5.32 Å². The van der Waals surface area contributed by atoms with Crippen LogP contribution in [0.5, 0.6) is 11.5 Å². The van der Waals surface area contributed by atoms with Gasteiger partial charge in [-0.05, 0) is 42.8 Å². The number of ether oxygens (including phenoxy) is 2. The van der Waals surface area contributed by atoms with Crippen molar-refractivity contribution < 1.29 is 14.3 Å². The molecule has 4 nitrogen and oxygen atoms in total. The van der Waals surface area contributed by atoms with Crippen molar-refractivity contribution >= 4 is 35.0 Å². The number of hydrogen-bond acceptors (Lipinski definition) is 4. The van der Waals surface area contributed by atoms with Gasteiger partial charge in [-0.25, -0.2) is 0 Å². The molecule has 1 aliphatic heterocycles. The highest BCUT2D eigenvalue weighted by Gasteiger charge is 2.19. The Hall–Kier alpha value is -1.85. The van der Waals surface area contributed by atoms with Gasteiger partial charge in [-0.3, -0.25) is 4.79 Å². The number of carbonyl (C=O) groups is 1. The Kier molecular flexibility index (Phi) is 5.53. The average Bonchev–Trinajstić information content (AvgIpc) is 2.61. The summed E-state index contributed by atoms with van der Waals surface area (Å²) in [5.74, 6) is 1.34. The second kappa shape index (κ2) is 7.81. The maximum atomic E-state index is 12.6. The summed E-state index contributed by atoms with van der Waals surface area (Å²) in [6.07, 6.45) is 0.726. The topological polar surface area (TPSA) is 47.6 Å². The van der Waals surface area contributed by atoms with Crippen LogP contribution >= 0.6 is 23.4 Å². The monoisotopic (exact) mass is 363 g/mol. The molecule has 1 aliphatic rings. The molecule has 0 unspecified atom stereocenters. The number of halogens is 1. The van der Waals surface area contributed by atoms with Crippen LogP contribution in [0.3, 0.4) is 0 Å². The molecule has 126 valence electrons. The molecule has 24 heavy (non-hydrogen) atoms. The summed E-state index contributed by atoms with van der Waals surface area (Å²) in [5.41, 5.74) is 0.708. The molecule has 2 aromatic rings. The minimum Gasteiger partial charge on any atom is -0.486 e. The fourth-order valence-electron chi connectivity index (χ4n) is 2.34. The van der Waals surface area contributed by atoms with E-state index >= 15 is 0 Å². The van der Waals surface area contributed by atoms with E-state index in [0.717, 1.165) is 11.3 Å². The highest BCUT2D eigenvalue weighted by Crippen LogP contribution is 2.33. The number of fused-ring (bicyclic) bond motifs is 1. The van der Waals surface area contributed by atoms with E-state index in [-0.39, 0.29) is 11.2 Å². The number of benzene rings is 2. The maximum Gasteiger partial charge on any atom is 0.237 e. The van der Waals surface area contributed by atoms with Gasteiger partial charge in [0.25, 0.3) is 0 Å². The van der Waals surface area contributed by atoms with Gasteiger partial charge in [0.15, 0.2) is 11.5 Å². The maximum absolute atomic E-state index is 12.6. The lowest BCUT2D eigenvalue weighted by Gasteiger charge is -2.20. The van der Waals surface area contributed by atoms with Crippen molar-refractivity contribution in [2.45, 2.75) is 23.5 Å². The first-order valence-electron chi connectivity index (χ1n) is 7.78. The molecule has 0 spiro atoms. The number of anilines is 1. The van der Waals surface area contributed by atoms with Crippen molar-refractivity contribution in [2.24, 2.45) is 0 Å². The normalized spacial score (nSPS) is 14.1. The predicted octanol–water partition coefficient (Wildman–Crippen LogP) is 4.62. The van der Waals surface area contributed by atoms with Gasteiger partial charge in [0.05, 0.1) is 5.25 Å². The molecule has 1 atom stereocenters. The molecule has 0 radical (unpaired) electrons. The molecule has 3 rings (SSSR count). The fraction of sp³-hybridized carbons (Fsp3) is 0.278. The number of nitrogens with one attached hydrogen (secondary N) is 1. The molecule has 0 aromatic heterocycles. The van der Waals surface area contributed by atoms with Gasteiger partial charge in [-0.2, -0.15) is 0 Å². The van der Waals surface area contributed by atoms with Crippen molar-refractivity contribution in [1.29, 1.82) is 0 Å². The first-order valence-corrected chi connectivity index (χ1v) is 9.04. The quantitative estimate of drug-likeness (QED) is 0.787. The summed E-state index contributed by atoms with van der Waals surface area (Å²) in [7, 11) is 0. The summed E-state index contributed by atoms with van der Waals surface area (Å²) in [6, 6.07) is 12.9. The number of amides is 1. The van der Waals surface area contributed by atoms with Crippen LogP contribution in [0.4, 0.5) is 5.69 Å². The molecular weight excluding hydrogens is 346 g/mol. The van der Waals surface area contributed by atoms with Crippen LogP contribution in [0.1, 0.15) is 13.3 Å². The van der Waals surface area contributed by atoms with E-state index in [4.69, 9.17) is 21.1 Å². The van der Waals surface area contributed by atoms with Gasteiger partial charge in [0.2, 0.25) is 5.91 Å². The molecule has 0 bridgehead atoms. The zero-order valence-electron chi connectivity index (χ0n) is 13.3. The van der Waals surface area contributed by atoms with Gasteiger partial charge in [-0.15, -0.1) is 11.8 Å². The van der Waals surface area contributed by atoms with Crippen LogP contribution < -0.4 is 14.8 Å². The summed E-state index contributed by atoms with van der Waals surface area (Å²) in [5, 5.41) is 3.46. The Labute approximate surface area is 150 Å². The van der Waals surface area contributed by atoms with Crippen molar-refractivity contribution in [3.05, 3.63) is 47.5 Å². The summed E-state index contributed by atoms with van der Waals surface area (Å²) in [4.78, 5) is 13.6. The Morgan fingerprint density at radius 1 is 1.17 bits per heavy atom. The molecule has 6 heteroatoms. The average molecular weight is 364 g/mol. The standard InChI is InChI=1S/C18H18ClNO3S/c1-2-17(24-14-6-3-12(19)4-7-14)18(21)20-13-5-8-15-16(11-13)23-10-9-22-15/h3-8,11,17H,2,9-10H2,1H3,(H,20,21)/t17-/m0/s1. The first kappa shape index (κ1) is 17.0. The first-order chi connectivity index (χ1) is 11.7. The van der Waals surface area contributed by atoms with Gasteiger partial charge < -0.3 is 14.8 Å². The largest absolute Gasteiger partial charge is 0.486 e. The minimum absolute atomic E-state index is 0.0332. The minimum atomic E-state index is -0.181. The van der Waals surface area contributed by atoms with Crippen LogP contribution in [0.25, 0.3) is 0 Å². The van der Waals surface area contributed by atoms with Crippen molar-refractivity contribution in [3.8, 4) is 11.5 Å². The molecule has 0 fully saturated rings. The van der Waals surface area contributed by atoms with Gasteiger partial charge >= 0.3 is 0 Å². The van der Waals surface area contributed by atoms with E-state index in [1.807, 2.05) is 43.3 Å². The lowest BCUT2D eigenvalue weighted by atomic mass is 10.2. The molecular formula is C18H18ClNO3S. The van der Waals surface area contributed by atoms with Crippen molar-refractivity contribution in [1.82, 2.24) is 0 Å². The number of rotatable bonds is 5. The zero-order chi connectivity index (χ0) is 16.9. The second-order valence-electron chi connectivity index (χ2n) is 5.32. The van der Waals surface area contributed by atoms with Crippen LogP contribution in [-0.2, 0) is 4.79 Å². The van der Waals surface area contributed by atoms with Gasteiger partial charge in [0, 0.05) is 21.7 Å². The van der Waals surface area contributed by atoms with E-state index in [1.54, 1.807) is 6.07 Å². The Morgan fingerprint density at radius 3 is 2.58 bits per heavy atom. The summed E-state index contributed by atoms with van der Waals surface area (Å²) < 4.78 is 11.0. The van der Waals surface area contributed by atoms with E-state index in [0.29, 0.717) is 35.4 Å². The highest BCUT2D eigenvalue weighted by atomic mass is 35.5. The molecule has 0 saturated heterocycles. The smallest absolute Gasteiger partial charge is 0.237 e. The third-order valence-corrected chi connectivity index (χ3v) is 5.19. The third kappa shape index (κ3) is 4.16. The molecule has 1 amide bonds. The van der Waals surface area contributed by atoms with Crippen LogP contribution in [-0.4, -0.2) is 24.4 Å². The number of carbonyl (C=O) groups excluding carboxylic acids is 1. The molecule has 0 saturated carbocycles. The predicted molar refractivity (Wildman–Crippen MR) is 97.4 cm³/mol. The summed E-state index contributed by atoms with van der Waals surface area (Å²) in [6.45, 7) is 3.07. The zero-order valence-corrected chi connectivity index (χ0v) is 14.8. The lowest BCUT2D eigenvalue weighted by Crippen LogP contribution is -2.24. The number of thioether (sulfide) groups is 1. The van der Waals surface area contributed by atoms with Gasteiger partial charge in [0.1, 0.15) is 13.2 Å². The number of hydrogen-bond donors (Lipinski definition) is 1. The molecule has 1 heterocycles. The van der Waals surface area contributed by atoms with Gasteiger partial charge in [-0.1, -0.05) is 18.5 Å². The highest BCUT2D eigenvalue weighted by molar-refractivity contribution is 8.00. The Morgan fingerprint density at radius 2 is 1.88 bits per heavy atom. The Balaban J connectivity index is 1.67. The van der Waals surface area contributed by atoms with Crippen LogP contribution in [0, 0.1) is 0 Å². The summed E-state index contributed by atoms with van der Waals surface area (Å²) >= 11 is 7.43. The van der Waals surface area contributed by atoms with Crippen molar-refractivity contribution in [2.75, 3.05) is 18.5 Å². The van der Waals surface area contributed by atoms with E-state index in [9.17, 15) is 4.79 Å².